The molecule has 1 unspecified atom stereocenters. The van der Waals surface area contributed by atoms with Crippen LogP contribution in [0.4, 0.5) is 0 Å². The molecule has 0 aliphatic rings. The first kappa shape index (κ1) is 15.2. The molecule has 0 aromatic heterocycles. The number of hydrogen-bond donors (Lipinski definition) is 1. The van der Waals surface area contributed by atoms with Gasteiger partial charge < -0.3 is 5.32 Å². The average Bonchev–Trinajstić information content (AvgIpc) is 2.37. The molecule has 1 aromatic rings. The first-order valence-corrected chi connectivity index (χ1v) is 7.65. The van der Waals surface area contributed by atoms with Gasteiger partial charge in [-0.1, -0.05) is 60.1 Å². The van der Waals surface area contributed by atoms with Gasteiger partial charge in [-0.05, 0) is 24.3 Å². The monoisotopic (exact) mass is 311 g/mol. The standard InChI is InChI=1S/C15H22BrNO/c1-12(2)14(11-16)17-15(18)10-6-9-13-7-4-3-5-8-13/h3-5,7-8,12,14H,6,9-11H2,1-2H3,(H,17,18). The highest BCUT2D eigenvalue weighted by Crippen LogP contribution is 2.07. The number of benzene rings is 1. The maximum Gasteiger partial charge on any atom is 0.220 e. The van der Waals surface area contributed by atoms with Crippen molar-refractivity contribution in [1.29, 1.82) is 0 Å². The van der Waals surface area contributed by atoms with Crippen molar-refractivity contribution in [1.82, 2.24) is 5.32 Å². The topological polar surface area (TPSA) is 29.1 Å². The van der Waals surface area contributed by atoms with Gasteiger partial charge in [0.25, 0.3) is 0 Å². The molecule has 0 bridgehead atoms. The summed E-state index contributed by atoms with van der Waals surface area (Å²) in [6.45, 7) is 4.24. The van der Waals surface area contributed by atoms with Crippen molar-refractivity contribution in [2.75, 3.05) is 5.33 Å². The Labute approximate surface area is 118 Å². The molecule has 0 radical (unpaired) electrons. The fraction of sp³-hybridized carbons (Fsp3) is 0.533. The first-order chi connectivity index (χ1) is 8.63. The SMILES string of the molecule is CC(C)C(CBr)NC(=O)CCCc1ccccc1. The minimum atomic E-state index is 0.157. The third kappa shape index (κ3) is 5.67. The molecule has 0 heterocycles. The molecule has 0 saturated heterocycles. The highest BCUT2D eigenvalue weighted by atomic mass is 79.9. The third-order valence-electron chi connectivity index (χ3n) is 3.03. The van der Waals surface area contributed by atoms with Crippen LogP contribution >= 0.6 is 15.9 Å². The second-order valence-corrected chi connectivity index (χ2v) is 5.56. The number of carbonyl (C=O) groups is 1. The molecule has 100 valence electrons. The fourth-order valence-corrected chi connectivity index (χ4v) is 2.67. The minimum absolute atomic E-state index is 0.157. The van der Waals surface area contributed by atoms with E-state index in [1.165, 1.54) is 5.56 Å². The highest BCUT2D eigenvalue weighted by Gasteiger charge is 2.14. The number of carbonyl (C=O) groups excluding carboxylic acids is 1. The summed E-state index contributed by atoms with van der Waals surface area (Å²) in [7, 11) is 0. The van der Waals surface area contributed by atoms with E-state index in [1.807, 2.05) is 18.2 Å². The second kappa shape index (κ2) is 8.30. The largest absolute Gasteiger partial charge is 0.352 e. The molecule has 1 amide bonds. The molecule has 1 rings (SSSR count). The summed E-state index contributed by atoms with van der Waals surface area (Å²) < 4.78 is 0. The van der Waals surface area contributed by atoms with Crippen molar-refractivity contribution in [3.8, 4) is 0 Å². The number of nitrogens with one attached hydrogen (secondary N) is 1. The smallest absolute Gasteiger partial charge is 0.220 e. The lowest BCUT2D eigenvalue weighted by Crippen LogP contribution is -2.39. The van der Waals surface area contributed by atoms with Crippen LogP contribution in [0, 0.1) is 5.92 Å². The lowest BCUT2D eigenvalue weighted by Gasteiger charge is -2.19. The molecule has 1 atom stereocenters. The molecular weight excluding hydrogens is 290 g/mol. The third-order valence-corrected chi connectivity index (χ3v) is 3.73. The zero-order chi connectivity index (χ0) is 13.4. The van der Waals surface area contributed by atoms with Crippen LogP contribution in [0.15, 0.2) is 30.3 Å². The maximum absolute atomic E-state index is 11.8. The first-order valence-electron chi connectivity index (χ1n) is 6.52. The highest BCUT2D eigenvalue weighted by molar-refractivity contribution is 9.09. The van der Waals surface area contributed by atoms with Gasteiger partial charge in [-0.2, -0.15) is 0 Å². The molecule has 1 N–H and O–H groups in total. The van der Waals surface area contributed by atoms with Gasteiger partial charge in [0.1, 0.15) is 0 Å². The van der Waals surface area contributed by atoms with Crippen molar-refractivity contribution in [3.05, 3.63) is 35.9 Å². The van der Waals surface area contributed by atoms with Gasteiger partial charge in [0.05, 0.1) is 0 Å². The van der Waals surface area contributed by atoms with Crippen LogP contribution in [0.1, 0.15) is 32.3 Å². The van der Waals surface area contributed by atoms with Gasteiger partial charge in [-0.25, -0.2) is 0 Å². The van der Waals surface area contributed by atoms with E-state index in [2.05, 4.69) is 47.2 Å². The normalized spacial score (nSPS) is 12.4. The Morgan fingerprint density at radius 2 is 1.94 bits per heavy atom. The summed E-state index contributed by atoms with van der Waals surface area (Å²) in [6.07, 6.45) is 2.48. The van der Waals surface area contributed by atoms with Crippen LogP contribution in [0.3, 0.4) is 0 Å². The van der Waals surface area contributed by atoms with E-state index in [1.54, 1.807) is 0 Å². The zero-order valence-corrected chi connectivity index (χ0v) is 12.7. The van der Waals surface area contributed by atoms with Gasteiger partial charge in [-0.15, -0.1) is 0 Å². The summed E-state index contributed by atoms with van der Waals surface area (Å²) in [5.41, 5.74) is 1.30. The predicted octanol–water partition coefficient (Wildman–Crippen LogP) is 3.55. The Morgan fingerprint density at radius 3 is 2.50 bits per heavy atom. The van der Waals surface area contributed by atoms with Gasteiger partial charge in [-0.3, -0.25) is 4.79 Å². The van der Waals surface area contributed by atoms with Crippen molar-refractivity contribution in [2.45, 2.75) is 39.2 Å². The van der Waals surface area contributed by atoms with E-state index in [4.69, 9.17) is 0 Å². The Balaban J connectivity index is 2.25. The van der Waals surface area contributed by atoms with Gasteiger partial charge in [0.2, 0.25) is 5.91 Å². The number of hydrogen-bond acceptors (Lipinski definition) is 1. The lowest BCUT2D eigenvalue weighted by molar-refractivity contribution is -0.122. The maximum atomic E-state index is 11.8. The number of rotatable bonds is 7. The minimum Gasteiger partial charge on any atom is -0.352 e. The molecule has 18 heavy (non-hydrogen) atoms. The number of aryl methyl sites for hydroxylation is 1. The molecule has 0 aliphatic carbocycles. The van der Waals surface area contributed by atoms with E-state index in [-0.39, 0.29) is 11.9 Å². The van der Waals surface area contributed by atoms with Crippen LogP contribution in [-0.2, 0) is 11.2 Å². The molecule has 1 aromatic carbocycles. The molecular formula is C15H22BrNO. The Hall–Kier alpha value is -0.830. The summed E-state index contributed by atoms with van der Waals surface area (Å²) in [5.74, 6) is 0.617. The number of amides is 1. The zero-order valence-electron chi connectivity index (χ0n) is 11.2. The van der Waals surface area contributed by atoms with Crippen LogP contribution in [0.25, 0.3) is 0 Å². The quantitative estimate of drug-likeness (QED) is 0.767. The van der Waals surface area contributed by atoms with Crippen LogP contribution in [-0.4, -0.2) is 17.3 Å². The van der Waals surface area contributed by atoms with Crippen molar-refractivity contribution >= 4 is 21.8 Å². The molecule has 0 aliphatic heterocycles. The summed E-state index contributed by atoms with van der Waals surface area (Å²) in [5, 5.41) is 3.88. The van der Waals surface area contributed by atoms with Gasteiger partial charge in [0, 0.05) is 17.8 Å². The lowest BCUT2D eigenvalue weighted by atomic mass is 10.1. The van der Waals surface area contributed by atoms with E-state index in [0.29, 0.717) is 12.3 Å². The molecule has 0 spiro atoms. The predicted molar refractivity (Wildman–Crippen MR) is 79.9 cm³/mol. The second-order valence-electron chi connectivity index (χ2n) is 4.91. The average molecular weight is 312 g/mol. The van der Waals surface area contributed by atoms with E-state index in [9.17, 15) is 4.79 Å². The number of alkyl halides is 1. The van der Waals surface area contributed by atoms with Gasteiger partial charge >= 0.3 is 0 Å². The number of halogens is 1. The molecule has 3 heteroatoms. The van der Waals surface area contributed by atoms with E-state index < -0.39 is 0 Å². The van der Waals surface area contributed by atoms with Crippen LogP contribution < -0.4 is 5.32 Å². The van der Waals surface area contributed by atoms with E-state index >= 15 is 0 Å². The van der Waals surface area contributed by atoms with Crippen molar-refractivity contribution in [3.63, 3.8) is 0 Å². The fourth-order valence-electron chi connectivity index (χ4n) is 1.76. The van der Waals surface area contributed by atoms with Crippen LogP contribution in [0.5, 0.6) is 0 Å². The van der Waals surface area contributed by atoms with Crippen molar-refractivity contribution < 1.29 is 4.79 Å². The molecule has 0 fully saturated rings. The van der Waals surface area contributed by atoms with Gasteiger partial charge in [0.15, 0.2) is 0 Å². The summed E-state index contributed by atoms with van der Waals surface area (Å²) >= 11 is 3.44. The Bertz CT molecular complexity index is 351. The Kier molecular flexibility index (Phi) is 7.02. The van der Waals surface area contributed by atoms with E-state index in [0.717, 1.165) is 18.2 Å². The Morgan fingerprint density at radius 1 is 1.28 bits per heavy atom. The summed E-state index contributed by atoms with van der Waals surface area (Å²) in [6, 6.07) is 10.5. The molecule has 2 nitrogen and oxygen atoms in total. The summed E-state index contributed by atoms with van der Waals surface area (Å²) in [4.78, 5) is 11.8. The molecule has 0 saturated carbocycles. The van der Waals surface area contributed by atoms with Crippen LogP contribution in [0.2, 0.25) is 0 Å². The van der Waals surface area contributed by atoms with Crippen molar-refractivity contribution in [2.24, 2.45) is 5.92 Å².